The number of rotatable bonds is 22. The van der Waals surface area contributed by atoms with Gasteiger partial charge in [-0.05, 0) is 78.8 Å². The summed E-state index contributed by atoms with van der Waals surface area (Å²) in [5.41, 5.74) is 7.61. The summed E-state index contributed by atoms with van der Waals surface area (Å²) in [6, 6.07) is 11.8. The minimum atomic E-state index is -0.988. The number of thiazole rings is 2. The zero-order valence-corrected chi connectivity index (χ0v) is 42.7. The molecule has 24 heteroatoms. The second kappa shape index (κ2) is 23.2. The van der Waals surface area contributed by atoms with Crippen LogP contribution in [0.5, 0.6) is 0 Å². The van der Waals surface area contributed by atoms with Crippen molar-refractivity contribution in [2.45, 2.75) is 58.8 Å². The van der Waals surface area contributed by atoms with Gasteiger partial charge in [0.15, 0.2) is 0 Å². The Morgan fingerprint density at radius 1 is 0.648 bits per heavy atom. The molecule has 3 atom stereocenters. The number of nitrogens with one attached hydrogen (secondary N) is 4. The van der Waals surface area contributed by atoms with Crippen LogP contribution >= 0.6 is 22.7 Å². The number of carbonyl (C=O) groups excluding carboxylic acids is 2. The van der Waals surface area contributed by atoms with Gasteiger partial charge in [-0.25, -0.2) is 9.97 Å². The molecule has 0 aliphatic heterocycles. The van der Waals surface area contributed by atoms with Crippen molar-refractivity contribution in [3.05, 3.63) is 47.4 Å². The molecule has 0 saturated heterocycles. The molecule has 0 spiro atoms. The molecule has 4 heterocycles. The number of benzene rings is 2. The van der Waals surface area contributed by atoms with E-state index in [-0.39, 0.29) is 37.5 Å². The molecule has 71 heavy (non-hydrogen) atoms. The van der Waals surface area contributed by atoms with Crippen LogP contribution in [-0.4, -0.2) is 152 Å². The van der Waals surface area contributed by atoms with E-state index in [1.807, 2.05) is 60.9 Å². The molecule has 2 bridgehead atoms. The molecule has 6 aromatic rings. The van der Waals surface area contributed by atoms with Gasteiger partial charge in [0, 0.05) is 92.2 Å². The zero-order chi connectivity index (χ0) is 50.8. The number of carboxylic acid groups (broad SMARTS) is 2. The van der Waals surface area contributed by atoms with Crippen LogP contribution in [0.4, 0.5) is 47.1 Å². The number of likely N-dealkylation sites (N-methyl/N-ethyl adjacent to an activating group) is 4. The van der Waals surface area contributed by atoms with Gasteiger partial charge in [-0.15, -0.1) is 22.7 Å². The average Bonchev–Trinajstić information content (AvgIpc) is 4.04. The number of fused-ring (bicyclic) bond motifs is 4. The van der Waals surface area contributed by atoms with Crippen molar-refractivity contribution in [2.75, 3.05) is 99.0 Å². The molecule has 22 nitrogen and oxygen atoms in total. The van der Waals surface area contributed by atoms with Crippen molar-refractivity contribution in [2.24, 2.45) is 23.2 Å². The van der Waals surface area contributed by atoms with Crippen molar-refractivity contribution in [1.29, 1.82) is 0 Å². The normalized spacial score (nSPS) is 16.5. The molecule has 6 N–H and O–H groups in total. The number of carbonyl (C=O) groups is 4. The maximum Gasteiger partial charge on any atom is 0.303 e. The second-order valence-electron chi connectivity index (χ2n) is 18.5. The number of anilines is 8. The Labute approximate surface area is 419 Å². The van der Waals surface area contributed by atoms with E-state index in [1.165, 1.54) is 24.2 Å². The number of hydrogen-bond donors (Lipinski definition) is 6. The van der Waals surface area contributed by atoms with Gasteiger partial charge < -0.3 is 51.1 Å². The monoisotopic (exact) mass is 1010 g/mol. The molecule has 3 unspecified atom stereocenters. The maximum absolute atomic E-state index is 12.3. The van der Waals surface area contributed by atoms with Gasteiger partial charge in [0.1, 0.15) is 0 Å². The van der Waals surface area contributed by atoms with E-state index in [4.69, 9.17) is 20.2 Å². The highest BCUT2D eigenvalue weighted by atomic mass is 32.1. The predicted octanol–water partition coefficient (Wildman–Crippen LogP) is 6.49. The lowest BCUT2D eigenvalue weighted by atomic mass is 9.45. The Kier molecular flexibility index (Phi) is 16.9. The second-order valence-corrected chi connectivity index (χ2v) is 20.2. The van der Waals surface area contributed by atoms with Crippen molar-refractivity contribution >= 4 is 114 Å². The van der Waals surface area contributed by atoms with E-state index >= 15 is 0 Å². The van der Waals surface area contributed by atoms with Crippen LogP contribution in [-0.2, 0) is 19.2 Å². The Balaban J connectivity index is 0.000000216. The van der Waals surface area contributed by atoms with Gasteiger partial charge in [-0.1, -0.05) is 13.8 Å². The average molecular weight is 1010 g/mol. The number of aliphatic carboxylic acids is 2. The topological polar surface area (TPSA) is 273 Å². The SMILES string of the molecule is CN(CCN(C)c1nc(NCC2CCC3CC2C3(C)C)nc(Nc2ccc3ncsc3c2)n1)C(=O)CCC(=O)O.CNc1nc(Nc2ccc3ncsc3c2)nc(N(C)CCN(C)C(=O)CCC(=O)O)n1. The summed E-state index contributed by atoms with van der Waals surface area (Å²) in [5.74, 6) is 2.44. The Morgan fingerprint density at radius 3 is 1.59 bits per heavy atom. The maximum atomic E-state index is 12.3. The van der Waals surface area contributed by atoms with Crippen LogP contribution in [0.25, 0.3) is 20.4 Å². The molecule has 2 amide bonds. The first-order valence-corrected chi connectivity index (χ1v) is 25.2. The summed E-state index contributed by atoms with van der Waals surface area (Å²) in [4.78, 5) is 88.4. The van der Waals surface area contributed by atoms with Crippen molar-refractivity contribution in [3.8, 4) is 0 Å². The fraction of sp³-hybridized carbons (Fsp3) is 0.489. The number of aromatic nitrogens is 8. The zero-order valence-electron chi connectivity index (χ0n) is 41.0. The van der Waals surface area contributed by atoms with Crippen molar-refractivity contribution in [3.63, 3.8) is 0 Å². The van der Waals surface area contributed by atoms with E-state index < -0.39 is 11.9 Å². The summed E-state index contributed by atoms with van der Waals surface area (Å²) in [6.45, 7) is 7.38. The fourth-order valence-electron chi connectivity index (χ4n) is 8.79. The molecule has 0 radical (unpaired) electrons. The third-order valence-corrected chi connectivity index (χ3v) is 14.9. The largest absolute Gasteiger partial charge is 0.481 e. The van der Waals surface area contributed by atoms with Crippen LogP contribution < -0.4 is 31.1 Å². The minimum Gasteiger partial charge on any atom is -0.481 e. The van der Waals surface area contributed by atoms with Gasteiger partial charge in [-0.3, -0.25) is 19.2 Å². The summed E-state index contributed by atoms with van der Waals surface area (Å²) >= 11 is 3.13. The first-order valence-electron chi connectivity index (χ1n) is 23.4. The lowest BCUT2D eigenvalue weighted by Crippen LogP contribution is -2.53. The molecule has 3 fully saturated rings. The van der Waals surface area contributed by atoms with Crippen molar-refractivity contribution in [1.82, 2.24) is 49.7 Å². The summed E-state index contributed by atoms with van der Waals surface area (Å²) in [6.07, 6.45) is 3.43. The van der Waals surface area contributed by atoms with Gasteiger partial charge in [-0.2, -0.15) is 29.9 Å². The van der Waals surface area contributed by atoms with Gasteiger partial charge in [0.25, 0.3) is 0 Å². The molecular weight excluding hydrogens is 949 g/mol. The Hall–Kier alpha value is -7.08. The van der Waals surface area contributed by atoms with Gasteiger partial charge in [0.05, 0.1) is 44.3 Å². The highest BCUT2D eigenvalue weighted by Crippen LogP contribution is 2.61. The number of nitrogens with zero attached hydrogens (tertiary/aromatic N) is 12. The molecular formula is C47H62N16O6S2. The van der Waals surface area contributed by atoms with Crippen molar-refractivity contribution < 1.29 is 29.4 Å². The van der Waals surface area contributed by atoms with E-state index in [1.54, 1.807) is 59.1 Å². The van der Waals surface area contributed by atoms with Gasteiger partial charge in [0.2, 0.25) is 47.5 Å². The first-order chi connectivity index (χ1) is 33.9. The van der Waals surface area contributed by atoms with E-state index in [0.29, 0.717) is 73.2 Å². The highest BCUT2D eigenvalue weighted by molar-refractivity contribution is 7.17. The Bertz CT molecular complexity index is 2820. The minimum absolute atomic E-state index is 0.0206. The van der Waals surface area contributed by atoms with Crippen LogP contribution in [0.1, 0.15) is 58.8 Å². The highest BCUT2D eigenvalue weighted by Gasteiger charge is 2.53. The lowest BCUT2D eigenvalue weighted by molar-refractivity contribution is -0.140. The third-order valence-electron chi connectivity index (χ3n) is 13.4. The molecule has 2 aromatic carbocycles. The van der Waals surface area contributed by atoms with E-state index in [9.17, 15) is 19.2 Å². The van der Waals surface area contributed by atoms with E-state index in [0.717, 1.165) is 50.2 Å². The Morgan fingerprint density at radius 2 is 1.13 bits per heavy atom. The molecule has 4 aromatic heterocycles. The summed E-state index contributed by atoms with van der Waals surface area (Å²) in [5, 5.41) is 30.5. The lowest BCUT2D eigenvalue weighted by Gasteiger charge is -2.60. The molecule has 3 aliphatic rings. The van der Waals surface area contributed by atoms with Crippen LogP contribution in [0.15, 0.2) is 47.4 Å². The quantitative estimate of drug-likeness (QED) is 0.0424. The molecule has 3 aliphatic carbocycles. The standard InChI is InChI=1S/C28H38N8O3S.C19H24N8O3S/c1-28(2)18-6-5-17(20(28)13-18)15-29-25-32-26(31-19-7-8-21-22(14-19)40-16-30-21)34-27(33-25)36(4)12-11-35(3)23(37)9-10-24(38)39;1-20-17-23-18(22-12-4-5-13-14(10-12)31-11-21-13)25-19(24-17)27(3)9-8-26(2)15(28)6-7-16(29)30/h7-8,14,16-18,20H,5-6,9-13,15H2,1-4H3,(H,38,39)(H2,29,31,32,33,34);4-5,10-11H,6-9H2,1-3H3,(H,29,30)(H2,20,22,23,24,25). The van der Waals surface area contributed by atoms with Crippen LogP contribution in [0.3, 0.4) is 0 Å². The number of hydrogen-bond acceptors (Lipinski definition) is 20. The number of carboxylic acids is 2. The predicted molar refractivity (Wildman–Crippen MR) is 277 cm³/mol. The van der Waals surface area contributed by atoms with Crippen LogP contribution in [0, 0.1) is 23.2 Å². The molecule has 9 rings (SSSR count). The smallest absolute Gasteiger partial charge is 0.303 e. The first kappa shape index (κ1) is 51.8. The molecule has 378 valence electrons. The fourth-order valence-corrected chi connectivity index (χ4v) is 10.2. The van der Waals surface area contributed by atoms with Crippen LogP contribution in [0.2, 0.25) is 0 Å². The van der Waals surface area contributed by atoms with Gasteiger partial charge >= 0.3 is 11.9 Å². The third kappa shape index (κ3) is 13.6. The summed E-state index contributed by atoms with van der Waals surface area (Å²) < 4.78 is 2.13. The summed E-state index contributed by atoms with van der Waals surface area (Å²) in [7, 11) is 8.74. The van der Waals surface area contributed by atoms with E-state index in [2.05, 4.69) is 65.0 Å². The number of amides is 2. The molecule has 3 saturated carbocycles.